The van der Waals surface area contributed by atoms with E-state index in [0.29, 0.717) is 18.8 Å². The van der Waals surface area contributed by atoms with E-state index in [1.807, 2.05) is 36.6 Å². The van der Waals surface area contributed by atoms with E-state index in [9.17, 15) is 4.79 Å². The molecule has 0 fully saturated rings. The molecule has 2 N–H and O–H groups in total. The number of primary amides is 1. The highest BCUT2D eigenvalue weighted by molar-refractivity contribution is 9.10. The number of aromatic nitrogens is 2. The highest BCUT2D eigenvalue weighted by atomic mass is 79.9. The van der Waals surface area contributed by atoms with Crippen molar-refractivity contribution in [2.45, 2.75) is 26.8 Å². The molecular weight excluding hydrogens is 342 g/mol. The number of fused-ring (bicyclic) bond motifs is 1. The minimum absolute atomic E-state index is 0.328. The quantitative estimate of drug-likeness (QED) is 0.835. The zero-order valence-corrected chi connectivity index (χ0v) is 13.8. The van der Waals surface area contributed by atoms with Gasteiger partial charge in [-0.05, 0) is 32.0 Å². The molecule has 0 aliphatic rings. The van der Waals surface area contributed by atoms with E-state index in [1.54, 1.807) is 0 Å². The molecule has 0 saturated heterocycles. The Labute approximate surface area is 131 Å². The molecule has 0 spiro atoms. The summed E-state index contributed by atoms with van der Waals surface area (Å²) < 4.78 is 3.01. The number of benzene rings is 1. The van der Waals surface area contributed by atoms with Crippen molar-refractivity contribution in [2.75, 3.05) is 5.88 Å². The molecule has 6 heteroatoms. The second kappa shape index (κ2) is 5.74. The maximum Gasteiger partial charge on any atom is 0.224 e. The van der Waals surface area contributed by atoms with Gasteiger partial charge in [-0.3, -0.25) is 4.79 Å². The van der Waals surface area contributed by atoms with Gasteiger partial charge in [-0.25, -0.2) is 4.98 Å². The fraction of sp³-hybridized carbons (Fsp3) is 0.429. The number of amides is 1. The third-order valence-corrected chi connectivity index (χ3v) is 4.01. The van der Waals surface area contributed by atoms with Crippen molar-refractivity contribution in [3.63, 3.8) is 0 Å². The number of hydrogen-bond acceptors (Lipinski definition) is 2. The van der Waals surface area contributed by atoms with Crippen molar-refractivity contribution in [2.24, 2.45) is 11.1 Å². The number of alkyl halides is 1. The fourth-order valence-electron chi connectivity index (χ4n) is 2.07. The van der Waals surface area contributed by atoms with Gasteiger partial charge in [0.1, 0.15) is 5.82 Å². The Morgan fingerprint density at radius 2 is 2.20 bits per heavy atom. The highest BCUT2D eigenvalue weighted by Gasteiger charge is 2.27. The Balaban J connectivity index is 2.55. The molecule has 0 saturated carbocycles. The van der Waals surface area contributed by atoms with Crippen LogP contribution in [0.5, 0.6) is 0 Å². The third kappa shape index (κ3) is 2.99. The van der Waals surface area contributed by atoms with Crippen LogP contribution in [0, 0.1) is 5.41 Å². The Morgan fingerprint density at radius 3 is 2.80 bits per heavy atom. The number of carbonyl (C=O) groups excluding carboxylic acids is 1. The molecular formula is C14H17BrClN3O. The van der Waals surface area contributed by atoms with Gasteiger partial charge in [0.25, 0.3) is 0 Å². The SMILES string of the molecule is CC(C)(Cn1c(CCCl)nc2ccc(Br)cc21)C(N)=O. The van der Waals surface area contributed by atoms with Crippen LogP contribution in [0.1, 0.15) is 19.7 Å². The van der Waals surface area contributed by atoms with Crippen molar-refractivity contribution >= 4 is 44.5 Å². The number of nitrogens with zero attached hydrogens (tertiary/aromatic N) is 2. The van der Waals surface area contributed by atoms with Gasteiger partial charge in [0.15, 0.2) is 0 Å². The Bertz CT molecular complexity index is 651. The Kier molecular flexibility index (Phi) is 4.39. The average molecular weight is 359 g/mol. The average Bonchev–Trinajstić information content (AvgIpc) is 2.67. The molecule has 20 heavy (non-hydrogen) atoms. The van der Waals surface area contributed by atoms with Crippen molar-refractivity contribution in [1.29, 1.82) is 0 Å². The van der Waals surface area contributed by atoms with E-state index >= 15 is 0 Å². The van der Waals surface area contributed by atoms with Crippen molar-refractivity contribution in [1.82, 2.24) is 9.55 Å². The van der Waals surface area contributed by atoms with Gasteiger partial charge in [-0.2, -0.15) is 0 Å². The predicted octanol–water partition coefficient (Wildman–Crippen LogP) is 3.09. The summed E-state index contributed by atoms with van der Waals surface area (Å²) in [7, 11) is 0. The molecule has 0 aliphatic carbocycles. The first-order valence-electron chi connectivity index (χ1n) is 6.35. The van der Waals surface area contributed by atoms with Crippen LogP contribution in [-0.2, 0) is 17.8 Å². The lowest BCUT2D eigenvalue weighted by Gasteiger charge is -2.22. The van der Waals surface area contributed by atoms with Gasteiger partial charge < -0.3 is 10.3 Å². The molecule has 1 heterocycles. The first kappa shape index (κ1) is 15.3. The predicted molar refractivity (Wildman–Crippen MR) is 84.8 cm³/mol. The molecule has 0 unspecified atom stereocenters. The van der Waals surface area contributed by atoms with E-state index in [4.69, 9.17) is 17.3 Å². The maximum absolute atomic E-state index is 11.6. The van der Waals surface area contributed by atoms with Crippen LogP contribution in [0.15, 0.2) is 22.7 Å². The van der Waals surface area contributed by atoms with Crippen LogP contribution in [-0.4, -0.2) is 21.3 Å². The van der Waals surface area contributed by atoms with E-state index in [2.05, 4.69) is 20.9 Å². The summed E-state index contributed by atoms with van der Waals surface area (Å²) in [6, 6.07) is 5.89. The second-order valence-corrected chi connectivity index (χ2v) is 6.73. The summed E-state index contributed by atoms with van der Waals surface area (Å²) >= 11 is 9.31. The molecule has 1 aromatic carbocycles. The molecule has 2 aromatic rings. The largest absolute Gasteiger partial charge is 0.369 e. The summed E-state index contributed by atoms with van der Waals surface area (Å²) in [6.45, 7) is 4.16. The molecule has 1 amide bonds. The van der Waals surface area contributed by atoms with E-state index in [-0.39, 0.29) is 5.91 Å². The van der Waals surface area contributed by atoms with Crippen LogP contribution in [0.3, 0.4) is 0 Å². The van der Waals surface area contributed by atoms with Crippen LogP contribution < -0.4 is 5.73 Å². The maximum atomic E-state index is 11.6. The van der Waals surface area contributed by atoms with Gasteiger partial charge in [0, 0.05) is 23.3 Å². The third-order valence-electron chi connectivity index (χ3n) is 3.33. The lowest BCUT2D eigenvalue weighted by Crippen LogP contribution is -2.35. The van der Waals surface area contributed by atoms with Gasteiger partial charge in [-0.15, -0.1) is 11.6 Å². The molecule has 1 aromatic heterocycles. The minimum atomic E-state index is -0.642. The molecule has 0 radical (unpaired) electrons. The van der Waals surface area contributed by atoms with Crippen molar-refractivity contribution < 1.29 is 4.79 Å². The number of hydrogen-bond donors (Lipinski definition) is 1. The summed E-state index contributed by atoms with van der Waals surface area (Å²) in [6.07, 6.45) is 0.655. The lowest BCUT2D eigenvalue weighted by molar-refractivity contribution is -0.126. The zero-order chi connectivity index (χ0) is 14.9. The summed E-state index contributed by atoms with van der Waals surface area (Å²) in [4.78, 5) is 16.2. The van der Waals surface area contributed by atoms with Gasteiger partial charge in [0.2, 0.25) is 5.91 Å². The smallest absolute Gasteiger partial charge is 0.224 e. The number of rotatable bonds is 5. The van der Waals surface area contributed by atoms with E-state index in [0.717, 1.165) is 21.3 Å². The monoisotopic (exact) mass is 357 g/mol. The Hall–Kier alpha value is -1.07. The molecule has 0 aliphatic heterocycles. The number of nitrogens with two attached hydrogens (primary N) is 1. The minimum Gasteiger partial charge on any atom is -0.369 e. The van der Waals surface area contributed by atoms with Crippen molar-refractivity contribution in [3.8, 4) is 0 Å². The van der Waals surface area contributed by atoms with Crippen LogP contribution in [0.25, 0.3) is 11.0 Å². The first-order valence-corrected chi connectivity index (χ1v) is 7.68. The van der Waals surface area contributed by atoms with Gasteiger partial charge in [0.05, 0.1) is 16.4 Å². The zero-order valence-electron chi connectivity index (χ0n) is 11.5. The fourth-order valence-corrected chi connectivity index (χ4v) is 2.59. The summed E-state index contributed by atoms with van der Waals surface area (Å²) in [5.41, 5.74) is 6.71. The van der Waals surface area contributed by atoms with Crippen molar-refractivity contribution in [3.05, 3.63) is 28.5 Å². The highest BCUT2D eigenvalue weighted by Crippen LogP contribution is 2.26. The number of halogens is 2. The molecule has 108 valence electrons. The molecule has 0 atom stereocenters. The number of aryl methyl sites for hydroxylation is 1. The lowest BCUT2D eigenvalue weighted by atomic mass is 9.92. The molecule has 2 rings (SSSR count). The van der Waals surface area contributed by atoms with Crippen LogP contribution in [0.2, 0.25) is 0 Å². The number of carbonyl (C=O) groups is 1. The topological polar surface area (TPSA) is 60.9 Å². The van der Waals surface area contributed by atoms with E-state index in [1.165, 1.54) is 0 Å². The molecule has 4 nitrogen and oxygen atoms in total. The van der Waals surface area contributed by atoms with Gasteiger partial charge >= 0.3 is 0 Å². The van der Waals surface area contributed by atoms with Gasteiger partial charge in [-0.1, -0.05) is 15.9 Å². The normalized spacial score (nSPS) is 12.0. The Morgan fingerprint density at radius 1 is 1.50 bits per heavy atom. The summed E-state index contributed by atoms with van der Waals surface area (Å²) in [5, 5.41) is 0. The summed E-state index contributed by atoms with van der Waals surface area (Å²) in [5.74, 6) is 1.04. The first-order chi connectivity index (χ1) is 9.35. The van der Waals surface area contributed by atoms with Crippen LogP contribution >= 0.6 is 27.5 Å². The second-order valence-electron chi connectivity index (χ2n) is 5.43. The number of imidazole rings is 1. The standard InChI is InChI=1S/C14H17BrClN3O/c1-14(2,13(17)20)8-19-11-7-9(15)3-4-10(11)18-12(19)5-6-16/h3-4,7H,5-6,8H2,1-2H3,(H2,17,20). The van der Waals surface area contributed by atoms with E-state index < -0.39 is 5.41 Å². The van der Waals surface area contributed by atoms with Crippen LogP contribution in [0.4, 0.5) is 0 Å². The molecule has 0 bridgehead atoms.